The third kappa shape index (κ3) is 2.37. The normalized spacial score (nSPS) is 18.7. The Bertz CT molecular complexity index is 1080. The number of anilines is 1. The van der Waals surface area contributed by atoms with Gasteiger partial charge in [-0.05, 0) is 36.5 Å². The summed E-state index contributed by atoms with van der Waals surface area (Å²) >= 11 is 0. The highest BCUT2D eigenvalue weighted by atomic mass is 16.2. The van der Waals surface area contributed by atoms with Gasteiger partial charge < -0.3 is 9.88 Å². The molecule has 3 aromatic rings. The molecular weight excluding hydrogens is 340 g/mol. The van der Waals surface area contributed by atoms with Crippen molar-refractivity contribution in [3.05, 3.63) is 42.4 Å². The maximum absolute atomic E-state index is 13.1. The molecule has 2 aliphatic heterocycles. The highest BCUT2D eigenvalue weighted by molar-refractivity contribution is 6.01. The molecule has 27 heavy (non-hydrogen) atoms. The Hall–Kier alpha value is -3.40. The van der Waals surface area contributed by atoms with Gasteiger partial charge in [0.1, 0.15) is 11.6 Å². The lowest BCUT2D eigenvalue weighted by Crippen LogP contribution is -2.43. The minimum Gasteiger partial charge on any atom is -0.344 e. The van der Waals surface area contributed by atoms with E-state index < -0.39 is 0 Å². The van der Waals surface area contributed by atoms with Crippen molar-refractivity contribution in [2.24, 2.45) is 0 Å². The Morgan fingerprint density at radius 3 is 3.00 bits per heavy atom. The van der Waals surface area contributed by atoms with Gasteiger partial charge in [0.2, 0.25) is 5.91 Å². The standard InChI is InChI=1S/C20H18N6O/c21-12-25-9-2-5-17(25)20(27)26-10-6-14-13(3-1-4-16(14)26)15-11-24-19-18(15)22-7-8-23-19/h1,3-4,7-8,11,17H,2,5-6,9-10H2,(H,23,24). The molecule has 1 amide bonds. The number of hydrogen-bond acceptors (Lipinski definition) is 5. The van der Waals surface area contributed by atoms with Crippen molar-refractivity contribution in [2.45, 2.75) is 25.3 Å². The van der Waals surface area contributed by atoms with E-state index in [1.165, 1.54) is 0 Å². The molecule has 1 atom stereocenters. The predicted molar refractivity (Wildman–Crippen MR) is 101 cm³/mol. The quantitative estimate of drug-likeness (QED) is 0.711. The number of aromatic amines is 1. The molecule has 7 nitrogen and oxygen atoms in total. The molecule has 1 N–H and O–H groups in total. The molecule has 1 unspecified atom stereocenters. The van der Waals surface area contributed by atoms with E-state index in [0.717, 1.165) is 52.8 Å². The molecule has 2 aromatic heterocycles. The van der Waals surface area contributed by atoms with Crippen LogP contribution in [0.15, 0.2) is 36.8 Å². The molecule has 7 heteroatoms. The van der Waals surface area contributed by atoms with Gasteiger partial charge in [0.25, 0.3) is 0 Å². The van der Waals surface area contributed by atoms with Crippen LogP contribution in [0.25, 0.3) is 22.3 Å². The molecule has 0 bridgehead atoms. The van der Waals surface area contributed by atoms with E-state index in [-0.39, 0.29) is 11.9 Å². The van der Waals surface area contributed by atoms with E-state index in [9.17, 15) is 10.1 Å². The first-order valence-electron chi connectivity index (χ1n) is 9.16. The number of nitrogens with one attached hydrogen (secondary N) is 1. The molecule has 0 saturated carbocycles. The van der Waals surface area contributed by atoms with Gasteiger partial charge in [-0.2, -0.15) is 5.26 Å². The number of nitrogens with zero attached hydrogens (tertiary/aromatic N) is 5. The molecule has 0 radical (unpaired) electrons. The molecular formula is C20H18N6O. The number of nitriles is 1. The van der Waals surface area contributed by atoms with Gasteiger partial charge in [0.05, 0.1) is 0 Å². The zero-order valence-electron chi connectivity index (χ0n) is 14.7. The summed E-state index contributed by atoms with van der Waals surface area (Å²) < 4.78 is 0. The fourth-order valence-electron chi connectivity index (χ4n) is 4.29. The van der Waals surface area contributed by atoms with E-state index in [1.807, 2.05) is 23.2 Å². The number of amides is 1. The first-order chi connectivity index (χ1) is 13.3. The molecule has 5 rings (SSSR count). The topological polar surface area (TPSA) is 88.9 Å². The van der Waals surface area contributed by atoms with Crippen LogP contribution in [0.5, 0.6) is 0 Å². The van der Waals surface area contributed by atoms with Gasteiger partial charge in [-0.3, -0.25) is 14.7 Å². The van der Waals surface area contributed by atoms with Crippen LogP contribution < -0.4 is 4.90 Å². The monoisotopic (exact) mass is 358 g/mol. The summed E-state index contributed by atoms with van der Waals surface area (Å²) in [5, 5.41) is 9.28. The number of carbonyl (C=O) groups is 1. The second kappa shape index (κ2) is 6.09. The Labute approximate surface area is 156 Å². The Morgan fingerprint density at radius 1 is 1.22 bits per heavy atom. The minimum atomic E-state index is -0.330. The Balaban J connectivity index is 1.55. The third-order valence-electron chi connectivity index (χ3n) is 5.56. The van der Waals surface area contributed by atoms with Gasteiger partial charge in [-0.25, -0.2) is 4.98 Å². The molecule has 134 valence electrons. The zero-order chi connectivity index (χ0) is 18.4. The minimum absolute atomic E-state index is 0.0312. The lowest BCUT2D eigenvalue weighted by molar-refractivity contribution is -0.121. The summed E-state index contributed by atoms with van der Waals surface area (Å²) in [5.74, 6) is 0.0312. The number of fused-ring (bicyclic) bond motifs is 2. The van der Waals surface area contributed by atoms with Gasteiger partial charge in [-0.15, -0.1) is 0 Å². The average molecular weight is 358 g/mol. The van der Waals surface area contributed by atoms with Crippen LogP contribution in [0.1, 0.15) is 18.4 Å². The van der Waals surface area contributed by atoms with Crippen LogP contribution in [-0.2, 0) is 11.2 Å². The molecule has 4 heterocycles. The Kier molecular flexibility index (Phi) is 3.57. The lowest BCUT2D eigenvalue weighted by Gasteiger charge is -2.25. The molecule has 2 aliphatic rings. The summed E-state index contributed by atoms with van der Waals surface area (Å²) in [6, 6.07) is 5.71. The summed E-state index contributed by atoms with van der Waals surface area (Å²) in [5.41, 5.74) is 5.77. The van der Waals surface area contributed by atoms with Crippen LogP contribution in [0.3, 0.4) is 0 Å². The number of aromatic nitrogens is 3. The van der Waals surface area contributed by atoms with E-state index in [2.05, 4.69) is 27.2 Å². The SMILES string of the molecule is N#CN1CCCC1C(=O)N1CCc2c(-c3c[nH]c4nccnc34)cccc21. The highest BCUT2D eigenvalue weighted by Gasteiger charge is 2.36. The van der Waals surface area contributed by atoms with Crippen LogP contribution >= 0.6 is 0 Å². The number of hydrogen-bond donors (Lipinski definition) is 1. The summed E-state index contributed by atoms with van der Waals surface area (Å²) in [4.78, 5) is 28.5. The van der Waals surface area contributed by atoms with Crippen molar-refractivity contribution in [3.63, 3.8) is 0 Å². The number of benzene rings is 1. The van der Waals surface area contributed by atoms with Crippen LogP contribution in [0, 0.1) is 11.5 Å². The van der Waals surface area contributed by atoms with Crippen molar-refractivity contribution < 1.29 is 4.79 Å². The van der Waals surface area contributed by atoms with E-state index in [4.69, 9.17) is 0 Å². The summed E-state index contributed by atoms with van der Waals surface area (Å²) in [6.45, 7) is 1.32. The average Bonchev–Trinajstić information content (AvgIpc) is 3.44. The van der Waals surface area contributed by atoms with Gasteiger partial charge in [0.15, 0.2) is 11.8 Å². The molecule has 0 aliphatic carbocycles. The smallest absolute Gasteiger partial charge is 0.250 e. The largest absolute Gasteiger partial charge is 0.344 e. The van der Waals surface area contributed by atoms with Crippen LogP contribution in [-0.4, -0.2) is 44.9 Å². The molecule has 1 fully saturated rings. The zero-order valence-corrected chi connectivity index (χ0v) is 14.7. The van der Waals surface area contributed by atoms with E-state index in [0.29, 0.717) is 13.1 Å². The van der Waals surface area contributed by atoms with Gasteiger partial charge in [-0.1, -0.05) is 12.1 Å². The van der Waals surface area contributed by atoms with Gasteiger partial charge >= 0.3 is 0 Å². The van der Waals surface area contributed by atoms with Crippen molar-refractivity contribution in [1.82, 2.24) is 19.9 Å². The lowest BCUT2D eigenvalue weighted by atomic mass is 9.99. The number of rotatable bonds is 2. The Morgan fingerprint density at radius 2 is 2.11 bits per heavy atom. The molecule has 1 saturated heterocycles. The first-order valence-corrected chi connectivity index (χ1v) is 9.16. The van der Waals surface area contributed by atoms with Crippen LogP contribution in [0.2, 0.25) is 0 Å². The van der Waals surface area contributed by atoms with E-state index >= 15 is 0 Å². The first kappa shape index (κ1) is 15.8. The van der Waals surface area contributed by atoms with Crippen molar-refractivity contribution in [1.29, 1.82) is 5.26 Å². The number of likely N-dealkylation sites (tertiary alicyclic amines) is 1. The van der Waals surface area contributed by atoms with Crippen molar-refractivity contribution >= 4 is 22.8 Å². The maximum Gasteiger partial charge on any atom is 0.250 e. The third-order valence-corrected chi connectivity index (χ3v) is 5.56. The second-order valence-electron chi connectivity index (χ2n) is 6.95. The van der Waals surface area contributed by atoms with Gasteiger partial charge in [0, 0.05) is 42.9 Å². The summed E-state index contributed by atoms with van der Waals surface area (Å²) in [6.07, 6.45) is 9.88. The van der Waals surface area contributed by atoms with Crippen molar-refractivity contribution in [2.75, 3.05) is 18.0 Å². The molecule has 1 aromatic carbocycles. The molecule has 0 spiro atoms. The number of H-pyrrole nitrogens is 1. The van der Waals surface area contributed by atoms with Crippen molar-refractivity contribution in [3.8, 4) is 17.3 Å². The fourth-order valence-corrected chi connectivity index (χ4v) is 4.29. The second-order valence-corrected chi connectivity index (χ2v) is 6.95. The van der Waals surface area contributed by atoms with E-state index in [1.54, 1.807) is 17.3 Å². The fraction of sp³-hybridized carbons (Fsp3) is 0.300. The maximum atomic E-state index is 13.1. The number of carbonyl (C=O) groups excluding carboxylic acids is 1. The highest BCUT2D eigenvalue weighted by Crippen LogP contribution is 2.39. The predicted octanol–water partition coefficient (Wildman–Crippen LogP) is 2.46. The summed E-state index contributed by atoms with van der Waals surface area (Å²) in [7, 11) is 0. The van der Waals surface area contributed by atoms with Crippen LogP contribution in [0.4, 0.5) is 5.69 Å².